The lowest BCUT2D eigenvalue weighted by molar-refractivity contribution is -0.152. The number of hydrogen-bond acceptors (Lipinski definition) is 3. The molecule has 4 heteroatoms. The van der Waals surface area contributed by atoms with Gasteiger partial charge in [0.15, 0.2) is 0 Å². The van der Waals surface area contributed by atoms with Crippen LogP contribution in [0.15, 0.2) is 0 Å². The molecule has 1 aliphatic carbocycles. The number of carbonyl (C=O) groups is 1. The van der Waals surface area contributed by atoms with E-state index in [9.17, 15) is 4.79 Å². The third kappa shape index (κ3) is 1.79. The molecule has 3 nitrogen and oxygen atoms in total. The number of methoxy groups -OCH3 is 1. The Hall–Kier alpha value is 0.160. The average Bonchev–Trinajstić information content (AvgIpc) is 2.75. The summed E-state index contributed by atoms with van der Waals surface area (Å²) in [5.41, 5.74) is -0.210. The molecule has 1 saturated heterocycles. The van der Waals surface area contributed by atoms with Gasteiger partial charge in [-0.05, 0) is 19.8 Å². The Balaban J connectivity index is 2.26. The highest BCUT2D eigenvalue weighted by Gasteiger charge is 2.57. The van der Waals surface area contributed by atoms with Crippen LogP contribution in [0.1, 0.15) is 32.6 Å². The first-order valence-electron chi connectivity index (χ1n) is 5.50. The normalized spacial score (nSPS) is 38.5. The Morgan fingerprint density at radius 1 is 1.47 bits per heavy atom. The molecule has 2 aliphatic rings. The van der Waals surface area contributed by atoms with Crippen LogP contribution in [0.5, 0.6) is 0 Å². The lowest BCUT2D eigenvalue weighted by Crippen LogP contribution is -2.40. The summed E-state index contributed by atoms with van der Waals surface area (Å²) in [5.74, 6) is -0.166. The Morgan fingerprint density at radius 2 is 2.07 bits per heavy atom. The highest BCUT2D eigenvalue weighted by Crippen LogP contribution is 2.50. The zero-order valence-corrected chi connectivity index (χ0v) is 11.3. The molecule has 0 aromatic heterocycles. The van der Waals surface area contributed by atoms with E-state index in [1.54, 1.807) is 0 Å². The lowest BCUT2D eigenvalue weighted by atomic mass is 9.85. The van der Waals surface area contributed by atoms with Crippen LogP contribution in [0.2, 0.25) is 0 Å². The molecule has 2 fully saturated rings. The van der Waals surface area contributed by atoms with Gasteiger partial charge in [0.05, 0.1) is 22.7 Å². The van der Waals surface area contributed by atoms with E-state index in [0.717, 1.165) is 12.8 Å². The van der Waals surface area contributed by atoms with Gasteiger partial charge in [-0.3, -0.25) is 4.79 Å². The van der Waals surface area contributed by atoms with Gasteiger partial charge in [0.2, 0.25) is 0 Å². The molecule has 0 aromatic rings. The van der Waals surface area contributed by atoms with Crippen molar-refractivity contribution < 1.29 is 14.3 Å². The summed E-state index contributed by atoms with van der Waals surface area (Å²) in [6, 6.07) is 0. The number of rotatable bonds is 1. The zero-order chi connectivity index (χ0) is 11.1. The van der Waals surface area contributed by atoms with Gasteiger partial charge in [0, 0.05) is 0 Å². The lowest BCUT2D eigenvalue weighted by Gasteiger charge is -2.28. The van der Waals surface area contributed by atoms with Crippen molar-refractivity contribution in [2.75, 3.05) is 7.11 Å². The molecule has 1 aliphatic heterocycles. The quantitative estimate of drug-likeness (QED) is 0.422. The van der Waals surface area contributed by atoms with E-state index in [0.29, 0.717) is 0 Å². The number of carbonyl (C=O) groups excluding carboxylic acids is 1. The largest absolute Gasteiger partial charge is 0.469 e. The summed E-state index contributed by atoms with van der Waals surface area (Å²) in [4.78, 5) is 11.8. The molecule has 86 valence electrons. The minimum absolute atomic E-state index is 0.0689. The molecule has 1 spiro atoms. The van der Waals surface area contributed by atoms with Gasteiger partial charge in [-0.2, -0.15) is 0 Å². The maximum atomic E-state index is 11.8. The van der Waals surface area contributed by atoms with Gasteiger partial charge in [0.1, 0.15) is 5.92 Å². The maximum absolute atomic E-state index is 11.8. The minimum atomic E-state index is -0.210. The van der Waals surface area contributed by atoms with Crippen LogP contribution >= 0.6 is 22.6 Å². The Bertz CT molecular complexity index is 261. The van der Waals surface area contributed by atoms with Crippen molar-refractivity contribution in [1.82, 2.24) is 0 Å². The van der Waals surface area contributed by atoms with Gasteiger partial charge < -0.3 is 9.47 Å². The molecule has 15 heavy (non-hydrogen) atoms. The third-order valence-corrected chi connectivity index (χ3v) is 5.39. The Kier molecular flexibility index (Phi) is 3.26. The fourth-order valence-corrected chi connectivity index (χ4v) is 4.04. The van der Waals surface area contributed by atoms with Crippen LogP contribution in [0.4, 0.5) is 0 Å². The summed E-state index contributed by atoms with van der Waals surface area (Å²) in [5, 5.41) is 0. The second-order valence-corrected chi connectivity index (χ2v) is 5.98. The summed E-state index contributed by atoms with van der Waals surface area (Å²) < 4.78 is 11.2. The molecule has 0 radical (unpaired) electrons. The molecule has 0 amide bonds. The van der Waals surface area contributed by atoms with Crippen LogP contribution in [-0.2, 0) is 14.3 Å². The van der Waals surface area contributed by atoms with Crippen LogP contribution in [0.3, 0.4) is 0 Å². The van der Waals surface area contributed by atoms with Crippen LogP contribution in [0, 0.1) is 5.92 Å². The van der Waals surface area contributed by atoms with Crippen molar-refractivity contribution in [3.63, 3.8) is 0 Å². The minimum Gasteiger partial charge on any atom is -0.469 e. The van der Waals surface area contributed by atoms with Crippen molar-refractivity contribution in [3.05, 3.63) is 0 Å². The smallest absolute Gasteiger partial charge is 0.312 e. The summed E-state index contributed by atoms with van der Waals surface area (Å²) in [7, 11) is 1.47. The van der Waals surface area contributed by atoms with E-state index in [-0.39, 0.29) is 27.5 Å². The zero-order valence-electron chi connectivity index (χ0n) is 9.16. The predicted octanol–water partition coefficient (Wildman–Crippen LogP) is 2.31. The first-order chi connectivity index (χ1) is 7.10. The number of esters is 1. The van der Waals surface area contributed by atoms with Gasteiger partial charge in [-0.15, -0.1) is 0 Å². The van der Waals surface area contributed by atoms with Crippen LogP contribution < -0.4 is 0 Å². The van der Waals surface area contributed by atoms with E-state index in [1.165, 1.54) is 20.0 Å². The second kappa shape index (κ2) is 4.20. The molecule has 1 heterocycles. The summed E-state index contributed by atoms with van der Waals surface area (Å²) in [6.45, 7) is 2.06. The molecule has 3 atom stereocenters. The number of alkyl halides is 1. The molecule has 2 rings (SSSR count). The third-order valence-electron chi connectivity index (χ3n) is 3.66. The number of hydrogen-bond donors (Lipinski definition) is 0. The molecular formula is C11H17IO3. The van der Waals surface area contributed by atoms with E-state index in [1.807, 2.05) is 0 Å². The fourth-order valence-electron chi connectivity index (χ4n) is 2.94. The summed E-state index contributed by atoms with van der Waals surface area (Å²) in [6.07, 6.45) is 4.52. The first-order valence-corrected chi connectivity index (χ1v) is 6.75. The Morgan fingerprint density at radius 3 is 2.60 bits per heavy atom. The SMILES string of the molecule is COC(=O)[C@H]1[C@@H](I)[C@@H](C)OC12CCCC2. The van der Waals surface area contributed by atoms with Crippen molar-refractivity contribution >= 4 is 28.6 Å². The van der Waals surface area contributed by atoms with Gasteiger partial charge in [0.25, 0.3) is 0 Å². The van der Waals surface area contributed by atoms with Crippen molar-refractivity contribution in [2.24, 2.45) is 5.92 Å². The molecule has 0 bridgehead atoms. The van der Waals surface area contributed by atoms with Crippen molar-refractivity contribution in [2.45, 2.75) is 48.2 Å². The van der Waals surface area contributed by atoms with Crippen molar-refractivity contribution in [1.29, 1.82) is 0 Å². The highest BCUT2D eigenvalue weighted by molar-refractivity contribution is 14.1. The molecule has 0 N–H and O–H groups in total. The van der Waals surface area contributed by atoms with E-state index >= 15 is 0 Å². The number of halogens is 1. The maximum Gasteiger partial charge on any atom is 0.312 e. The van der Waals surface area contributed by atoms with Gasteiger partial charge in [-0.1, -0.05) is 35.4 Å². The topological polar surface area (TPSA) is 35.5 Å². The molecule has 0 aromatic carbocycles. The molecular weight excluding hydrogens is 307 g/mol. The molecule has 0 unspecified atom stereocenters. The highest BCUT2D eigenvalue weighted by atomic mass is 127. The Labute approximate surface area is 104 Å². The fraction of sp³-hybridized carbons (Fsp3) is 0.909. The van der Waals surface area contributed by atoms with E-state index < -0.39 is 0 Å². The second-order valence-electron chi connectivity index (χ2n) is 4.54. The van der Waals surface area contributed by atoms with Crippen LogP contribution in [-0.4, -0.2) is 28.7 Å². The number of ether oxygens (including phenoxy) is 2. The monoisotopic (exact) mass is 324 g/mol. The van der Waals surface area contributed by atoms with Gasteiger partial charge in [-0.25, -0.2) is 0 Å². The van der Waals surface area contributed by atoms with Gasteiger partial charge >= 0.3 is 5.97 Å². The molecule has 1 saturated carbocycles. The van der Waals surface area contributed by atoms with Crippen molar-refractivity contribution in [3.8, 4) is 0 Å². The standard InChI is InChI=1S/C11H17IO3/c1-7-9(12)8(10(13)14-2)11(15-7)5-3-4-6-11/h7-9H,3-6H2,1-2H3/t7-,8-,9+/m1/s1. The van der Waals surface area contributed by atoms with E-state index in [4.69, 9.17) is 9.47 Å². The van der Waals surface area contributed by atoms with Crippen LogP contribution in [0.25, 0.3) is 0 Å². The van der Waals surface area contributed by atoms with E-state index in [2.05, 4.69) is 29.5 Å². The first kappa shape index (κ1) is 11.6. The average molecular weight is 324 g/mol. The summed E-state index contributed by atoms with van der Waals surface area (Å²) >= 11 is 2.33. The predicted molar refractivity (Wildman–Crippen MR) is 65.1 cm³/mol.